The van der Waals surface area contributed by atoms with Gasteiger partial charge in [0.25, 0.3) is 0 Å². The zero-order valence-corrected chi connectivity index (χ0v) is 14.8. The molecule has 24 heavy (non-hydrogen) atoms. The van der Waals surface area contributed by atoms with E-state index in [4.69, 9.17) is 9.47 Å². The Balaban J connectivity index is 2.44. The summed E-state index contributed by atoms with van der Waals surface area (Å²) in [6, 6.07) is 10.1. The average Bonchev–Trinajstić information content (AvgIpc) is 2.60. The molecule has 0 atom stereocenters. The average molecular weight is 324 g/mol. The van der Waals surface area contributed by atoms with Gasteiger partial charge in [-0.2, -0.15) is 0 Å². The zero-order chi connectivity index (χ0) is 17.5. The van der Waals surface area contributed by atoms with Gasteiger partial charge < -0.3 is 9.47 Å². The van der Waals surface area contributed by atoms with Gasteiger partial charge in [-0.15, -0.1) is 0 Å². The number of hydrogen-bond acceptors (Lipinski definition) is 3. The number of carbonyl (C=O) groups excluding carboxylic acids is 1. The molecule has 0 saturated heterocycles. The molecule has 0 N–H and O–H groups in total. The van der Waals surface area contributed by atoms with E-state index in [1.54, 1.807) is 7.11 Å². The Morgan fingerprint density at radius 3 is 2.29 bits per heavy atom. The highest BCUT2D eigenvalue weighted by Crippen LogP contribution is 2.35. The molecule has 126 valence electrons. The lowest BCUT2D eigenvalue weighted by Crippen LogP contribution is -2.12. The van der Waals surface area contributed by atoms with Crippen molar-refractivity contribution in [3.63, 3.8) is 0 Å². The van der Waals surface area contributed by atoms with E-state index >= 15 is 0 Å². The smallest absolute Gasteiger partial charge is 0.341 e. The normalized spacial score (nSPS) is 15.9. The van der Waals surface area contributed by atoms with Crippen LogP contribution >= 0.6 is 0 Å². The molecule has 0 aliphatic heterocycles. The van der Waals surface area contributed by atoms with Gasteiger partial charge in [0.2, 0.25) is 0 Å². The lowest BCUT2D eigenvalue weighted by Gasteiger charge is -2.22. The van der Waals surface area contributed by atoms with Crippen molar-refractivity contribution in [1.82, 2.24) is 0 Å². The van der Waals surface area contributed by atoms with Gasteiger partial charge in [-0.1, -0.05) is 53.6 Å². The second-order valence-electron chi connectivity index (χ2n) is 5.92. The van der Waals surface area contributed by atoms with Crippen molar-refractivity contribution in [1.29, 1.82) is 0 Å². The van der Waals surface area contributed by atoms with Gasteiger partial charge in [0.05, 0.1) is 26.1 Å². The van der Waals surface area contributed by atoms with Crippen LogP contribution < -0.4 is 0 Å². The van der Waals surface area contributed by atoms with Crippen molar-refractivity contribution >= 4 is 12.0 Å². The molecule has 3 heteroatoms. The zero-order valence-electron chi connectivity index (χ0n) is 14.8. The Morgan fingerprint density at radius 2 is 1.67 bits per heavy atom. The molecule has 1 aromatic carbocycles. The van der Waals surface area contributed by atoms with E-state index in [0.29, 0.717) is 5.57 Å². The number of hydrogen-bond donors (Lipinski definition) is 0. The maximum absolute atomic E-state index is 12.2. The minimum Gasteiger partial charge on any atom is -0.503 e. The van der Waals surface area contributed by atoms with Crippen molar-refractivity contribution < 1.29 is 14.3 Å². The maximum Gasteiger partial charge on any atom is 0.341 e. The standard InChI is InChI=1S/C21H24O3/c1-15-12-18(11-10-17-8-6-5-7-9-17)19(13-16(15)2)20(14-23-3)21(22)24-4/h5-11,14H,12-13H2,1-4H3/b11-10+,20-14-. The van der Waals surface area contributed by atoms with E-state index in [0.717, 1.165) is 29.6 Å². The summed E-state index contributed by atoms with van der Waals surface area (Å²) >= 11 is 0. The Labute approximate surface area is 144 Å². The largest absolute Gasteiger partial charge is 0.503 e. The van der Waals surface area contributed by atoms with Crippen LogP contribution in [0.2, 0.25) is 0 Å². The molecule has 0 heterocycles. The van der Waals surface area contributed by atoms with Crippen LogP contribution in [-0.2, 0) is 14.3 Å². The highest BCUT2D eigenvalue weighted by molar-refractivity contribution is 5.94. The molecule has 0 bridgehead atoms. The summed E-state index contributed by atoms with van der Waals surface area (Å²) < 4.78 is 10.0. The quantitative estimate of drug-likeness (QED) is 0.337. The number of methoxy groups -OCH3 is 2. The summed E-state index contributed by atoms with van der Waals surface area (Å²) in [5.74, 6) is -0.371. The molecule has 1 aliphatic rings. The monoisotopic (exact) mass is 324 g/mol. The molecule has 0 aromatic heterocycles. The third kappa shape index (κ3) is 4.25. The first-order valence-electron chi connectivity index (χ1n) is 7.98. The van der Waals surface area contributed by atoms with Gasteiger partial charge in [-0.25, -0.2) is 4.79 Å². The van der Waals surface area contributed by atoms with E-state index in [2.05, 4.69) is 38.1 Å². The molecule has 2 rings (SSSR count). The fourth-order valence-electron chi connectivity index (χ4n) is 2.73. The van der Waals surface area contributed by atoms with Crippen LogP contribution in [0, 0.1) is 0 Å². The summed E-state index contributed by atoms with van der Waals surface area (Å²) in [6.45, 7) is 4.25. The van der Waals surface area contributed by atoms with E-state index in [1.807, 2.05) is 18.2 Å². The second kappa shape index (κ2) is 8.34. The highest BCUT2D eigenvalue weighted by Gasteiger charge is 2.23. The van der Waals surface area contributed by atoms with Crippen LogP contribution in [0.1, 0.15) is 32.3 Å². The first-order chi connectivity index (χ1) is 11.6. The van der Waals surface area contributed by atoms with Gasteiger partial charge in [0.1, 0.15) is 0 Å². The van der Waals surface area contributed by atoms with Gasteiger partial charge in [0, 0.05) is 0 Å². The first kappa shape index (κ1) is 17.8. The predicted octanol–water partition coefficient (Wildman–Crippen LogP) is 4.83. The summed E-state index contributed by atoms with van der Waals surface area (Å²) in [5.41, 5.74) is 6.33. The Kier molecular flexibility index (Phi) is 6.19. The first-order valence-corrected chi connectivity index (χ1v) is 7.98. The third-order valence-electron chi connectivity index (χ3n) is 4.26. The number of esters is 1. The molecule has 0 saturated carbocycles. The van der Waals surface area contributed by atoms with E-state index in [9.17, 15) is 4.79 Å². The van der Waals surface area contributed by atoms with Crippen molar-refractivity contribution in [3.05, 3.63) is 76.1 Å². The van der Waals surface area contributed by atoms with E-state index in [-0.39, 0.29) is 5.97 Å². The molecule has 3 nitrogen and oxygen atoms in total. The fourth-order valence-corrected chi connectivity index (χ4v) is 2.73. The van der Waals surface area contributed by atoms with E-state index in [1.165, 1.54) is 24.5 Å². The highest BCUT2D eigenvalue weighted by atomic mass is 16.5. The molecule has 1 aromatic rings. The molecule has 0 radical (unpaired) electrons. The van der Waals surface area contributed by atoms with Gasteiger partial charge in [-0.3, -0.25) is 0 Å². The minimum absolute atomic E-state index is 0.371. The van der Waals surface area contributed by atoms with Crippen molar-refractivity contribution in [2.24, 2.45) is 0 Å². The number of rotatable bonds is 5. The topological polar surface area (TPSA) is 35.5 Å². The van der Waals surface area contributed by atoms with Crippen LogP contribution in [0.15, 0.2) is 70.5 Å². The van der Waals surface area contributed by atoms with Gasteiger partial charge in [0.15, 0.2) is 0 Å². The van der Waals surface area contributed by atoms with Crippen LogP contribution in [-0.4, -0.2) is 20.2 Å². The maximum atomic E-state index is 12.2. The SMILES string of the molecule is CO/C=C(\C(=O)OC)C1=C(/C=C/c2ccccc2)CC(C)=C(C)C1. The Bertz CT molecular complexity index is 719. The van der Waals surface area contributed by atoms with Crippen LogP contribution in [0.4, 0.5) is 0 Å². The molecule has 0 amide bonds. The molecular weight excluding hydrogens is 300 g/mol. The summed E-state index contributed by atoms with van der Waals surface area (Å²) in [7, 11) is 2.93. The molecule has 0 fully saturated rings. The summed E-state index contributed by atoms with van der Waals surface area (Å²) in [4.78, 5) is 12.2. The lowest BCUT2D eigenvalue weighted by atomic mass is 9.83. The fraction of sp³-hybridized carbons (Fsp3) is 0.286. The second-order valence-corrected chi connectivity index (χ2v) is 5.92. The Hall–Kier alpha value is -2.55. The number of benzene rings is 1. The Morgan fingerprint density at radius 1 is 1.00 bits per heavy atom. The lowest BCUT2D eigenvalue weighted by molar-refractivity contribution is -0.136. The summed E-state index contributed by atoms with van der Waals surface area (Å²) in [6.07, 6.45) is 7.19. The van der Waals surface area contributed by atoms with E-state index < -0.39 is 0 Å². The van der Waals surface area contributed by atoms with Crippen molar-refractivity contribution in [3.8, 4) is 0 Å². The summed E-state index contributed by atoms with van der Waals surface area (Å²) in [5, 5.41) is 0. The number of allylic oxidation sites excluding steroid dienone is 4. The van der Waals surface area contributed by atoms with Crippen LogP contribution in [0.3, 0.4) is 0 Å². The van der Waals surface area contributed by atoms with Crippen molar-refractivity contribution in [2.75, 3.05) is 14.2 Å². The molecule has 0 unspecified atom stereocenters. The number of ether oxygens (including phenoxy) is 2. The number of carbonyl (C=O) groups is 1. The minimum atomic E-state index is -0.371. The van der Waals surface area contributed by atoms with Crippen LogP contribution in [0.5, 0.6) is 0 Å². The molecular formula is C21H24O3. The van der Waals surface area contributed by atoms with Gasteiger partial charge >= 0.3 is 5.97 Å². The molecule has 0 spiro atoms. The molecule has 1 aliphatic carbocycles. The predicted molar refractivity (Wildman–Crippen MR) is 97.2 cm³/mol. The van der Waals surface area contributed by atoms with Gasteiger partial charge in [-0.05, 0) is 43.4 Å². The van der Waals surface area contributed by atoms with Crippen LogP contribution in [0.25, 0.3) is 6.08 Å². The third-order valence-corrected chi connectivity index (χ3v) is 4.26. The van der Waals surface area contributed by atoms with Crippen molar-refractivity contribution in [2.45, 2.75) is 26.7 Å².